The van der Waals surface area contributed by atoms with Gasteiger partial charge in [0.05, 0.1) is 13.1 Å². The molecule has 0 radical (unpaired) electrons. The van der Waals surface area contributed by atoms with E-state index in [-0.39, 0.29) is 11.9 Å². The summed E-state index contributed by atoms with van der Waals surface area (Å²) in [4.78, 5) is 24.2. The molecule has 3 rings (SSSR count). The molecule has 1 atom stereocenters. The van der Waals surface area contributed by atoms with Crippen LogP contribution in [-0.4, -0.2) is 24.7 Å². The van der Waals surface area contributed by atoms with Gasteiger partial charge in [-0.15, -0.1) is 0 Å². The predicted molar refractivity (Wildman–Crippen MR) is 114 cm³/mol. The van der Waals surface area contributed by atoms with Crippen molar-refractivity contribution in [1.82, 2.24) is 0 Å². The van der Waals surface area contributed by atoms with Gasteiger partial charge in [-0.2, -0.15) is 10.2 Å². The molecule has 158 valence electrons. The molecule has 1 heterocycles. The zero-order chi connectivity index (χ0) is 21.3. The van der Waals surface area contributed by atoms with Crippen LogP contribution in [0, 0.1) is 0 Å². The summed E-state index contributed by atoms with van der Waals surface area (Å²) in [6, 6.07) is 12.8. The lowest BCUT2D eigenvalue weighted by Crippen LogP contribution is -2.28. The number of nitrogens with one attached hydrogen (secondary N) is 1. The third-order valence-corrected chi connectivity index (χ3v) is 4.65. The lowest BCUT2D eigenvalue weighted by atomic mass is 10.0. The zero-order valence-corrected chi connectivity index (χ0v) is 17.4. The second-order valence-electron chi connectivity index (χ2n) is 7.06. The highest BCUT2D eigenvalue weighted by molar-refractivity contribution is 6.04. The van der Waals surface area contributed by atoms with Gasteiger partial charge in [0.1, 0.15) is 5.75 Å². The van der Waals surface area contributed by atoms with Crippen molar-refractivity contribution >= 4 is 17.6 Å². The molecule has 2 aromatic carbocycles. The molecular formula is C23H27N3O4. The molecule has 7 nitrogen and oxygen atoms in total. The zero-order valence-electron chi connectivity index (χ0n) is 17.4. The van der Waals surface area contributed by atoms with E-state index in [0.717, 1.165) is 17.5 Å². The topological polar surface area (TPSA) is 89.3 Å². The first-order chi connectivity index (χ1) is 14.6. The average molecular weight is 409 g/mol. The maximum Gasteiger partial charge on any atom is 0.308 e. The van der Waals surface area contributed by atoms with E-state index in [0.29, 0.717) is 49.4 Å². The molecule has 0 saturated heterocycles. The number of aryl methyl sites for hydroxylation is 1. The predicted octanol–water partition coefficient (Wildman–Crippen LogP) is 4.91. The summed E-state index contributed by atoms with van der Waals surface area (Å²) in [5, 5.41) is 10.9. The molecule has 0 aliphatic carbocycles. The number of amides is 1. The molecule has 1 aliphatic rings. The van der Waals surface area contributed by atoms with E-state index in [1.807, 2.05) is 32.0 Å². The van der Waals surface area contributed by atoms with E-state index >= 15 is 0 Å². The molecule has 0 bridgehead atoms. The summed E-state index contributed by atoms with van der Waals surface area (Å²) < 4.78 is 11.1. The number of rotatable bonds is 8. The summed E-state index contributed by atoms with van der Waals surface area (Å²) in [7, 11) is 0. The van der Waals surface area contributed by atoms with Crippen molar-refractivity contribution in [3.05, 3.63) is 59.2 Å². The van der Waals surface area contributed by atoms with Crippen LogP contribution in [-0.2, 0) is 22.5 Å². The molecule has 30 heavy (non-hydrogen) atoms. The molecule has 0 fully saturated rings. The smallest absolute Gasteiger partial charge is 0.308 e. The second-order valence-corrected chi connectivity index (χ2v) is 7.06. The van der Waals surface area contributed by atoms with E-state index in [1.165, 1.54) is 0 Å². The van der Waals surface area contributed by atoms with Gasteiger partial charge in [-0.25, -0.2) is 0 Å². The first-order valence-corrected chi connectivity index (χ1v) is 10.3. The number of carbonyl (C=O) groups excluding carboxylic acids is 2. The van der Waals surface area contributed by atoms with Gasteiger partial charge >= 0.3 is 5.97 Å². The van der Waals surface area contributed by atoms with Crippen LogP contribution in [0.3, 0.4) is 0 Å². The Kier molecular flexibility index (Phi) is 7.54. The van der Waals surface area contributed by atoms with E-state index in [4.69, 9.17) is 9.47 Å². The Bertz CT molecular complexity index is 909. The minimum atomic E-state index is -0.549. The number of anilines is 1. The van der Waals surface area contributed by atoms with Gasteiger partial charge < -0.3 is 14.8 Å². The summed E-state index contributed by atoms with van der Waals surface area (Å²) >= 11 is 0. The number of benzene rings is 2. The summed E-state index contributed by atoms with van der Waals surface area (Å²) in [6.45, 7) is 5.04. The average Bonchev–Trinajstić information content (AvgIpc) is 2.74. The van der Waals surface area contributed by atoms with Crippen molar-refractivity contribution in [2.75, 3.05) is 11.9 Å². The fraction of sp³-hybridized carbons (Fsp3) is 0.391. The van der Waals surface area contributed by atoms with Crippen LogP contribution in [0.4, 0.5) is 5.69 Å². The van der Waals surface area contributed by atoms with Crippen molar-refractivity contribution in [3.63, 3.8) is 0 Å². The molecule has 0 aromatic heterocycles. The quantitative estimate of drug-likeness (QED) is 0.496. The maximum absolute atomic E-state index is 12.5. The minimum absolute atomic E-state index is 0.181. The van der Waals surface area contributed by atoms with Crippen molar-refractivity contribution < 1.29 is 19.1 Å². The van der Waals surface area contributed by atoms with E-state index in [2.05, 4.69) is 15.5 Å². The summed E-state index contributed by atoms with van der Waals surface area (Å²) in [6.07, 6.45) is 1.90. The fourth-order valence-corrected chi connectivity index (χ4v) is 3.13. The number of carbonyl (C=O) groups is 2. The standard InChI is InChI=1S/C23H27N3O4/c1-3-5-21(27)30-22-13-10-18-14-19(11-12-20(18)29-22)26-23(28)17-8-6-16(7-9-17)15-25-24-4-2/h6-9,11-12,14,22H,3-5,10,13,15H2,1-2H3,(H,26,28). The van der Waals surface area contributed by atoms with Crippen LogP contribution < -0.4 is 10.1 Å². The largest absolute Gasteiger partial charge is 0.454 e. The highest BCUT2D eigenvalue weighted by Crippen LogP contribution is 2.30. The van der Waals surface area contributed by atoms with Crippen LogP contribution in [0.5, 0.6) is 5.75 Å². The van der Waals surface area contributed by atoms with Crippen LogP contribution in [0.2, 0.25) is 0 Å². The van der Waals surface area contributed by atoms with Crippen LogP contribution in [0.25, 0.3) is 0 Å². The van der Waals surface area contributed by atoms with Gasteiger partial charge in [-0.1, -0.05) is 19.1 Å². The van der Waals surface area contributed by atoms with Gasteiger partial charge in [0.25, 0.3) is 5.91 Å². The van der Waals surface area contributed by atoms with Gasteiger partial charge in [0, 0.05) is 24.1 Å². The molecular weight excluding hydrogens is 382 g/mol. The lowest BCUT2D eigenvalue weighted by molar-refractivity contribution is -0.165. The third kappa shape index (κ3) is 5.89. The van der Waals surface area contributed by atoms with E-state index < -0.39 is 6.29 Å². The molecule has 1 N–H and O–H groups in total. The first-order valence-electron chi connectivity index (χ1n) is 10.3. The number of ether oxygens (including phenoxy) is 2. The Hall–Kier alpha value is -3.22. The molecule has 0 spiro atoms. The number of nitrogens with zero attached hydrogens (tertiary/aromatic N) is 2. The van der Waals surface area contributed by atoms with Gasteiger partial charge in [-0.05, 0) is 61.2 Å². The van der Waals surface area contributed by atoms with Crippen molar-refractivity contribution in [2.45, 2.75) is 52.4 Å². The number of fused-ring (bicyclic) bond motifs is 1. The van der Waals surface area contributed by atoms with Crippen LogP contribution in [0.15, 0.2) is 52.7 Å². The van der Waals surface area contributed by atoms with Gasteiger partial charge in [0.15, 0.2) is 0 Å². The third-order valence-electron chi connectivity index (χ3n) is 4.65. The Balaban J connectivity index is 1.58. The highest BCUT2D eigenvalue weighted by Gasteiger charge is 2.23. The van der Waals surface area contributed by atoms with Crippen LogP contribution in [0.1, 0.15) is 54.6 Å². The normalized spacial score (nSPS) is 15.3. The fourth-order valence-electron chi connectivity index (χ4n) is 3.13. The van der Waals surface area contributed by atoms with Crippen molar-refractivity contribution in [1.29, 1.82) is 0 Å². The Morgan fingerprint density at radius 3 is 2.67 bits per heavy atom. The molecule has 1 amide bonds. The van der Waals surface area contributed by atoms with Crippen molar-refractivity contribution in [3.8, 4) is 5.75 Å². The highest BCUT2D eigenvalue weighted by atomic mass is 16.7. The number of hydrogen-bond acceptors (Lipinski definition) is 6. The molecule has 2 aromatic rings. The number of esters is 1. The molecule has 0 saturated carbocycles. The number of azo groups is 1. The SMILES string of the molecule is CCCC(=O)OC1CCc2cc(NC(=O)c3ccc(CN=NCC)cc3)ccc2O1. The van der Waals surface area contributed by atoms with Crippen LogP contribution >= 0.6 is 0 Å². The second kappa shape index (κ2) is 10.5. The minimum Gasteiger partial charge on any atom is -0.454 e. The summed E-state index contributed by atoms with van der Waals surface area (Å²) in [5.41, 5.74) is 3.25. The Morgan fingerprint density at radius 2 is 1.93 bits per heavy atom. The van der Waals surface area contributed by atoms with E-state index in [9.17, 15) is 9.59 Å². The summed E-state index contributed by atoms with van der Waals surface area (Å²) in [5.74, 6) is 0.258. The Morgan fingerprint density at radius 1 is 1.13 bits per heavy atom. The van der Waals surface area contributed by atoms with Gasteiger partial charge in [0.2, 0.25) is 6.29 Å². The Labute approximate surface area is 176 Å². The first kappa shape index (κ1) is 21.5. The van der Waals surface area contributed by atoms with E-state index in [1.54, 1.807) is 24.3 Å². The lowest BCUT2D eigenvalue weighted by Gasteiger charge is -2.26. The monoisotopic (exact) mass is 409 g/mol. The molecule has 7 heteroatoms. The van der Waals surface area contributed by atoms with Gasteiger partial charge in [-0.3, -0.25) is 9.59 Å². The number of hydrogen-bond donors (Lipinski definition) is 1. The molecule has 1 unspecified atom stereocenters. The molecule has 1 aliphatic heterocycles. The van der Waals surface area contributed by atoms with Crippen molar-refractivity contribution in [2.24, 2.45) is 10.2 Å². The maximum atomic E-state index is 12.5.